The van der Waals surface area contributed by atoms with Crippen molar-refractivity contribution in [2.24, 2.45) is 0 Å². The van der Waals surface area contributed by atoms with Crippen molar-refractivity contribution in [1.29, 1.82) is 0 Å². The van der Waals surface area contributed by atoms with Crippen molar-refractivity contribution in [3.05, 3.63) is 106 Å². The van der Waals surface area contributed by atoms with Crippen LogP contribution in [0.3, 0.4) is 0 Å². The summed E-state index contributed by atoms with van der Waals surface area (Å²) in [5.74, 6) is -3.81. The minimum atomic E-state index is -1.59. The maximum atomic E-state index is 13.1. The molecule has 0 spiro atoms. The van der Waals surface area contributed by atoms with Crippen LogP contribution in [0.2, 0.25) is 0 Å². The lowest BCUT2D eigenvalue weighted by Crippen LogP contribution is -2.56. The van der Waals surface area contributed by atoms with Crippen molar-refractivity contribution < 1.29 is 48.2 Å². The minimum Gasteiger partial charge on any atom is -0.461 e. The van der Waals surface area contributed by atoms with E-state index in [1.807, 2.05) is 0 Å². The van der Waals surface area contributed by atoms with E-state index < -0.39 is 66.4 Å². The first-order valence-electron chi connectivity index (χ1n) is 13.5. The van der Waals surface area contributed by atoms with Crippen molar-refractivity contribution >= 4 is 35.5 Å². The van der Waals surface area contributed by atoms with Crippen molar-refractivity contribution in [2.45, 2.75) is 31.7 Å². The van der Waals surface area contributed by atoms with Crippen molar-refractivity contribution in [3.63, 3.8) is 0 Å². The van der Waals surface area contributed by atoms with E-state index in [2.05, 4.69) is 16.0 Å². The number of benzene rings is 3. The Morgan fingerprint density at radius 2 is 1.31 bits per heavy atom. The molecular formula is C30H30N4O11. The number of nitro groups is 1. The van der Waals surface area contributed by atoms with Crippen LogP contribution in [0.25, 0.3) is 0 Å². The molecule has 0 bridgehead atoms. The number of ether oxygens (including phenoxy) is 3. The second-order valence-corrected chi connectivity index (χ2v) is 9.30. The average Bonchev–Trinajstić information content (AvgIpc) is 3.05. The third-order valence-corrected chi connectivity index (χ3v) is 5.94. The zero-order chi connectivity index (χ0) is 32.6. The molecular weight excluding hydrogens is 592 g/mol. The molecule has 0 fully saturated rings. The van der Waals surface area contributed by atoms with Gasteiger partial charge in [-0.2, -0.15) is 0 Å². The number of nitrogens with one attached hydrogen (secondary N) is 3. The number of rotatable bonds is 15. The Balaban J connectivity index is 1.57. The number of carbonyl (C=O) groups excluding carboxylic acids is 5. The van der Waals surface area contributed by atoms with Gasteiger partial charge < -0.3 is 35.3 Å². The molecule has 0 saturated heterocycles. The summed E-state index contributed by atoms with van der Waals surface area (Å²) in [5.41, 5.74) is 1.14. The summed E-state index contributed by atoms with van der Waals surface area (Å²) in [7, 11) is 0. The first-order valence-corrected chi connectivity index (χ1v) is 13.5. The number of non-ortho nitro benzene ring substituents is 1. The first-order chi connectivity index (χ1) is 21.6. The molecule has 3 aromatic carbocycles. The Morgan fingerprint density at radius 3 is 1.87 bits per heavy atom. The summed E-state index contributed by atoms with van der Waals surface area (Å²) in [6.07, 6.45) is -1.67. The number of alkyl carbamates (subject to hydrolysis) is 1. The van der Waals surface area contributed by atoms with Gasteiger partial charge in [0, 0.05) is 12.1 Å². The zero-order valence-electron chi connectivity index (χ0n) is 23.8. The molecule has 236 valence electrons. The lowest BCUT2D eigenvalue weighted by atomic mass is 10.1. The van der Waals surface area contributed by atoms with Crippen LogP contribution in [-0.4, -0.2) is 65.1 Å². The Labute approximate surface area is 256 Å². The highest BCUT2D eigenvalue weighted by atomic mass is 16.6. The number of esters is 2. The second-order valence-electron chi connectivity index (χ2n) is 9.30. The molecule has 2 unspecified atom stereocenters. The summed E-state index contributed by atoms with van der Waals surface area (Å²) in [6.45, 7) is -1.80. The molecule has 3 aromatic rings. The van der Waals surface area contributed by atoms with Gasteiger partial charge in [0.2, 0.25) is 11.8 Å². The van der Waals surface area contributed by atoms with Crippen LogP contribution < -0.4 is 20.7 Å². The summed E-state index contributed by atoms with van der Waals surface area (Å²) < 4.78 is 15.3. The molecule has 3 rings (SSSR count). The second kappa shape index (κ2) is 17.3. The van der Waals surface area contributed by atoms with Crippen LogP contribution in [0.4, 0.5) is 10.5 Å². The van der Waals surface area contributed by atoms with Gasteiger partial charge in [0.25, 0.3) is 5.69 Å². The SMILES string of the molecule is O=C(CC(NC(=O)OCc1ccccc1)C(=O)NC(CO)C(=O)NCC(=O)Oc1ccc([N+](=O)[O-])cc1)OCc1ccccc1. The molecule has 0 aliphatic heterocycles. The topological polar surface area (TPSA) is 212 Å². The van der Waals surface area contributed by atoms with Gasteiger partial charge in [-0.25, -0.2) is 9.59 Å². The number of aliphatic hydroxyl groups is 1. The van der Waals surface area contributed by atoms with Gasteiger partial charge in [0.05, 0.1) is 18.0 Å². The van der Waals surface area contributed by atoms with Crippen LogP contribution in [0.1, 0.15) is 17.5 Å². The highest BCUT2D eigenvalue weighted by Gasteiger charge is 2.29. The smallest absolute Gasteiger partial charge is 0.408 e. The molecule has 0 aliphatic carbocycles. The zero-order valence-corrected chi connectivity index (χ0v) is 23.8. The van der Waals surface area contributed by atoms with E-state index in [9.17, 15) is 39.2 Å². The fourth-order valence-electron chi connectivity index (χ4n) is 3.63. The van der Waals surface area contributed by atoms with Gasteiger partial charge in [-0.3, -0.25) is 24.5 Å². The molecule has 0 radical (unpaired) electrons. The van der Waals surface area contributed by atoms with Crippen LogP contribution in [0.15, 0.2) is 84.9 Å². The van der Waals surface area contributed by atoms with Gasteiger partial charge in [-0.05, 0) is 23.3 Å². The average molecular weight is 623 g/mol. The molecule has 0 heterocycles. The Hall–Kier alpha value is -5.83. The number of hydrogen-bond donors (Lipinski definition) is 4. The highest BCUT2D eigenvalue weighted by molar-refractivity contribution is 5.94. The maximum Gasteiger partial charge on any atom is 0.408 e. The van der Waals surface area contributed by atoms with E-state index in [1.165, 1.54) is 12.1 Å². The monoisotopic (exact) mass is 622 g/mol. The highest BCUT2D eigenvalue weighted by Crippen LogP contribution is 2.17. The van der Waals surface area contributed by atoms with E-state index in [4.69, 9.17) is 14.2 Å². The Kier molecular flexibility index (Phi) is 13.0. The molecule has 4 N–H and O–H groups in total. The lowest BCUT2D eigenvalue weighted by Gasteiger charge is -2.21. The molecule has 15 nitrogen and oxygen atoms in total. The molecule has 2 atom stereocenters. The van der Waals surface area contributed by atoms with Crippen molar-refractivity contribution in [1.82, 2.24) is 16.0 Å². The Morgan fingerprint density at radius 1 is 0.733 bits per heavy atom. The predicted molar refractivity (Wildman–Crippen MR) is 155 cm³/mol. The molecule has 3 amide bonds. The third kappa shape index (κ3) is 11.8. The molecule has 0 aliphatic rings. The predicted octanol–water partition coefficient (Wildman–Crippen LogP) is 1.52. The third-order valence-electron chi connectivity index (χ3n) is 5.94. The number of hydrogen-bond acceptors (Lipinski definition) is 11. The van der Waals surface area contributed by atoms with Crippen molar-refractivity contribution in [2.75, 3.05) is 13.2 Å². The van der Waals surface area contributed by atoms with Crippen LogP contribution in [0.5, 0.6) is 5.75 Å². The summed E-state index contributed by atoms with van der Waals surface area (Å²) in [4.78, 5) is 72.9. The van der Waals surface area contributed by atoms with Gasteiger partial charge in [0.1, 0.15) is 37.6 Å². The molecule has 45 heavy (non-hydrogen) atoms. The molecule has 0 aromatic heterocycles. The number of carbonyl (C=O) groups is 5. The van der Waals surface area contributed by atoms with Crippen molar-refractivity contribution in [3.8, 4) is 5.75 Å². The summed E-state index contributed by atoms with van der Waals surface area (Å²) in [6, 6.07) is 18.9. The number of nitro benzene ring substituents is 1. The normalized spacial score (nSPS) is 11.7. The minimum absolute atomic E-state index is 0.0147. The molecule has 0 saturated carbocycles. The Bertz CT molecular complexity index is 1410. The van der Waals surface area contributed by atoms with Gasteiger partial charge in [-0.15, -0.1) is 0 Å². The van der Waals surface area contributed by atoms with Gasteiger partial charge >= 0.3 is 18.0 Å². The summed E-state index contributed by atoms with van der Waals surface area (Å²) >= 11 is 0. The quantitative estimate of drug-likeness (QED) is 0.0825. The largest absolute Gasteiger partial charge is 0.461 e. The van der Waals surface area contributed by atoms with E-state index in [0.29, 0.717) is 11.1 Å². The van der Waals surface area contributed by atoms with Crippen LogP contribution in [0, 0.1) is 10.1 Å². The van der Waals surface area contributed by atoms with E-state index >= 15 is 0 Å². The first kappa shape index (κ1) is 33.7. The van der Waals surface area contributed by atoms with Gasteiger partial charge in [0.15, 0.2) is 0 Å². The van der Waals surface area contributed by atoms with E-state index in [1.54, 1.807) is 60.7 Å². The van der Waals surface area contributed by atoms with E-state index in [0.717, 1.165) is 12.1 Å². The lowest BCUT2D eigenvalue weighted by molar-refractivity contribution is -0.384. The molecule has 15 heteroatoms. The fourth-order valence-corrected chi connectivity index (χ4v) is 3.63. The number of aliphatic hydroxyl groups excluding tert-OH is 1. The van der Waals surface area contributed by atoms with Crippen LogP contribution in [-0.2, 0) is 41.9 Å². The number of amides is 3. The standard InChI is InChI=1S/C30H30N4O11/c35-17-25(28(38)31-16-27(37)45-23-13-11-22(12-14-23)34(41)42)32-29(39)24(15-26(36)43-18-20-7-3-1-4-8-20)33-30(40)44-19-21-9-5-2-6-10-21/h1-14,24-25,35H,15-19H2,(H,31,38)(H,32,39)(H,33,40). The fraction of sp³-hybridized carbons (Fsp3) is 0.233. The maximum absolute atomic E-state index is 13.1. The van der Waals surface area contributed by atoms with Gasteiger partial charge in [-0.1, -0.05) is 60.7 Å². The number of nitrogens with zero attached hydrogens (tertiary/aromatic N) is 1. The van der Waals surface area contributed by atoms with E-state index in [-0.39, 0.29) is 24.7 Å². The summed E-state index contributed by atoms with van der Waals surface area (Å²) in [5, 5.41) is 27.2. The van der Waals surface area contributed by atoms with Crippen LogP contribution >= 0.6 is 0 Å².